The fourth-order valence-electron chi connectivity index (χ4n) is 1.87. The molecule has 3 heteroatoms. The van der Waals surface area contributed by atoms with Crippen LogP contribution in [0, 0.1) is 0 Å². The number of H-pyrrole nitrogens is 1. The van der Waals surface area contributed by atoms with Gasteiger partial charge in [0, 0.05) is 27.7 Å². The first-order valence-electron chi connectivity index (χ1n) is 5.46. The van der Waals surface area contributed by atoms with Gasteiger partial charge in [-0.2, -0.15) is 0 Å². The van der Waals surface area contributed by atoms with Crippen molar-refractivity contribution in [3.05, 3.63) is 35.0 Å². The molecule has 1 aromatic heterocycles. The highest BCUT2D eigenvalue weighted by atomic mass is 35.5. The first-order valence-corrected chi connectivity index (χ1v) is 5.84. The van der Waals surface area contributed by atoms with Crippen LogP contribution in [0.25, 0.3) is 10.9 Å². The van der Waals surface area contributed by atoms with Crippen molar-refractivity contribution in [2.24, 2.45) is 0 Å². The molecule has 0 aliphatic rings. The number of aromatic amines is 1. The van der Waals surface area contributed by atoms with Crippen LogP contribution < -0.4 is 5.32 Å². The SMILES string of the molecule is CNC(C)(C)Cc1c[nH]c2cc(Cl)ccc12. The Hall–Kier alpha value is -0.990. The van der Waals surface area contributed by atoms with Crippen molar-refractivity contribution >= 4 is 22.5 Å². The van der Waals surface area contributed by atoms with Crippen LogP contribution in [0.5, 0.6) is 0 Å². The molecule has 1 heterocycles. The molecule has 16 heavy (non-hydrogen) atoms. The lowest BCUT2D eigenvalue weighted by atomic mass is 9.95. The van der Waals surface area contributed by atoms with Crippen LogP contribution in [-0.4, -0.2) is 17.6 Å². The Labute approximate surface area is 101 Å². The van der Waals surface area contributed by atoms with E-state index >= 15 is 0 Å². The zero-order chi connectivity index (χ0) is 11.8. The standard InChI is InChI=1S/C13H17ClN2/c1-13(2,15-3)7-9-8-16-12-6-10(14)4-5-11(9)12/h4-6,8,15-16H,7H2,1-3H3. The van der Waals surface area contributed by atoms with Crippen LogP contribution in [0.2, 0.25) is 5.02 Å². The molecular formula is C13H17ClN2. The summed E-state index contributed by atoms with van der Waals surface area (Å²) in [5.74, 6) is 0. The normalized spacial score (nSPS) is 12.2. The Morgan fingerprint density at radius 2 is 2.12 bits per heavy atom. The van der Waals surface area contributed by atoms with Crippen LogP contribution >= 0.6 is 11.6 Å². The number of aromatic nitrogens is 1. The lowest BCUT2D eigenvalue weighted by molar-refractivity contribution is 0.423. The first-order chi connectivity index (χ1) is 7.52. The van der Waals surface area contributed by atoms with Crippen molar-refractivity contribution in [1.82, 2.24) is 10.3 Å². The molecule has 2 aromatic rings. The third-order valence-corrected chi connectivity index (χ3v) is 3.27. The van der Waals surface area contributed by atoms with Gasteiger partial charge in [0.1, 0.15) is 0 Å². The topological polar surface area (TPSA) is 27.8 Å². The predicted molar refractivity (Wildman–Crippen MR) is 70.2 cm³/mol. The largest absolute Gasteiger partial charge is 0.361 e. The van der Waals surface area contributed by atoms with Crippen molar-refractivity contribution in [3.8, 4) is 0 Å². The molecule has 0 radical (unpaired) electrons. The molecule has 0 saturated heterocycles. The summed E-state index contributed by atoms with van der Waals surface area (Å²) in [5, 5.41) is 5.34. The number of nitrogens with one attached hydrogen (secondary N) is 2. The van der Waals surface area contributed by atoms with E-state index in [0.717, 1.165) is 17.0 Å². The van der Waals surface area contributed by atoms with Gasteiger partial charge < -0.3 is 10.3 Å². The summed E-state index contributed by atoms with van der Waals surface area (Å²) in [4.78, 5) is 3.26. The Morgan fingerprint density at radius 3 is 2.81 bits per heavy atom. The van der Waals surface area contributed by atoms with E-state index in [1.165, 1.54) is 10.9 Å². The Balaban J connectivity index is 2.39. The Kier molecular flexibility index (Phi) is 2.96. The van der Waals surface area contributed by atoms with Gasteiger partial charge in [0.2, 0.25) is 0 Å². The molecule has 0 unspecified atom stereocenters. The van der Waals surface area contributed by atoms with Crippen molar-refractivity contribution in [1.29, 1.82) is 0 Å². The number of hydrogen-bond acceptors (Lipinski definition) is 1. The summed E-state index contributed by atoms with van der Waals surface area (Å²) in [6, 6.07) is 5.98. The van der Waals surface area contributed by atoms with Crippen molar-refractivity contribution in [2.45, 2.75) is 25.8 Å². The van der Waals surface area contributed by atoms with Crippen molar-refractivity contribution in [2.75, 3.05) is 7.05 Å². The Morgan fingerprint density at radius 1 is 1.38 bits per heavy atom. The second-order valence-corrected chi connectivity index (χ2v) is 5.25. The second kappa shape index (κ2) is 4.11. The third-order valence-electron chi connectivity index (χ3n) is 3.04. The zero-order valence-corrected chi connectivity index (χ0v) is 10.7. The van der Waals surface area contributed by atoms with Gasteiger partial charge in [0.25, 0.3) is 0 Å². The van der Waals surface area contributed by atoms with Gasteiger partial charge in [0.15, 0.2) is 0 Å². The molecule has 0 aliphatic carbocycles. The van der Waals surface area contributed by atoms with E-state index in [-0.39, 0.29) is 5.54 Å². The van der Waals surface area contributed by atoms with Gasteiger partial charge in [-0.05, 0) is 45.0 Å². The third kappa shape index (κ3) is 2.23. The predicted octanol–water partition coefficient (Wildman–Crippen LogP) is 3.36. The molecule has 0 atom stereocenters. The van der Waals surface area contributed by atoms with Crippen molar-refractivity contribution in [3.63, 3.8) is 0 Å². The second-order valence-electron chi connectivity index (χ2n) is 4.81. The Bertz CT molecular complexity index is 500. The molecule has 2 rings (SSSR count). The first kappa shape index (κ1) is 11.5. The molecule has 0 saturated carbocycles. The number of rotatable bonds is 3. The highest BCUT2D eigenvalue weighted by molar-refractivity contribution is 6.31. The summed E-state index contributed by atoms with van der Waals surface area (Å²) >= 11 is 5.96. The molecule has 2 nitrogen and oxygen atoms in total. The number of benzene rings is 1. The summed E-state index contributed by atoms with van der Waals surface area (Å²) < 4.78 is 0. The molecule has 0 aliphatic heterocycles. The van der Waals surface area contributed by atoms with Crippen LogP contribution in [-0.2, 0) is 6.42 Å². The van der Waals surface area contributed by atoms with E-state index in [9.17, 15) is 0 Å². The van der Waals surface area contributed by atoms with Crippen LogP contribution in [0.1, 0.15) is 19.4 Å². The zero-order valence-electron chi connectivity index (χ0n) is 9.89. The maximum atomic E-state index is 5.96. The number of hydrogen-bond donors (Lipinski definition) is 2. The molecule has 0 fully saturated rings. The molecule has 0 bridgehead atoms. The van der Waals surface area contributed by atoms with Crippen LogP contribution in [0.4, 0.5) is 0 Å². The molecule has 0 amide bonds. The summed E-state index contributed by atoms with van der Waals surface area (Å²) in [6.45, 7) is 4.39. The molecule has 1 aromatic carbocycles. The van der Waals surface area contributed by atoms with E-state index < -0.39 is 0 Å². The fraction of sp³-hybridized carbons (Fsp3) is 0.385. The van der Waals surface area contributed by atoms with Gasteiger partial charge in [-0.15, -0.1) is 0 Å². The number of halogens is 1. The molecule has 0 spiro atoms. The van der Waals surface area contributed by atoms with Gasteiger partial charge in [-0.3, -0.25) is 0 Å². The maximum Gasteiger partial charge on any atom is 0.0471 e. The molecule has 86 valence electrons. The molecule has 2 N–H and O–H groups in total. The average molecular weight is 237 g/mol. The minimum Gasteiger partial charge on any atom is -0.361 e. The van der Waals surface area contributed by atoms with E-state index in [4.69, 9.17) is 11.6 Å². The monoisotopic (exact) mass is 236 g/mol. The van der Waals surface area contributed by atoms with Crippen LogP contribution in [0.15, 0.2) is 24.4 Å². The van der Waals surface area contributed by atoms with Gasteiger partial charge in [-0.25, -0.2) is 0 Å². The van der Waals surface area contributed by atoms with E-state index in [2.05, 4.69) is 36.4 Å². The lowest BCUT2D eigenvalue weighted by Gasteiger charge is -2.23. The smallest absolute Gasteiger partial charge is 0.0471 e. The number of fused-ring (bicyclic) bond motifs is 1. The highest BCUT2D eigenvalue weighted by Crippen LogP contribution is 2.24. The minimum absolute atomic E-state index is 0.106. The van der Waals surface area contributed by atoms with E-state index in [1.54, 1.807) is 0 Å². The van der Waals surface area contributed by atoms with Gasteiger partial charge in [0.05, 0.1) is 0 Å². The van der Waals surface area contributed by atoms with Gasteiger partial charge in [-0.1, -0.05) is 17.7 Å². The highest BCUT2D eigenvalue weighted by Gasteiger charge is 2.17. The van der Waals surface area contributed by atoms with Gasteiger partial charge >= 0.3 is 0 Å². The van der Waals surface area contributed by atoms with E-state index in [1.807, 2.05) is 19.2 Å². The summed E-state index contributed by atoms with van der Waals surface area (Å²) in [5.41, 5.74) is 2.54. The summed E-state index contributed by atoms with van der Waals surface area (Å²) in [6.07, 6.45) is 3.06. The fourth-order valence-corrected chi connectivity index (χ4v) is 2.04. The van der Waals surface area contributed by atoms with Crippen molar-refractivity contribution < 1.29 is 0 Å². The van der Waals surface area contributed by atoms with E-state index in [0.29, 0.717) is 0 Å². The molecular weight excluding hydrogens is 220 g/mol. The lowest BCUT2D eigenvalue weighted by Crippen LogP contribution is -2.38. The summed E-state index contributed by atoms with van der Waals surface area (Å²) in [7, 11) is 1.99. The average Bonchev–Trinajstić information content (AvgIpc) is 2.60. The number of likely N-dealkylation sites (N-methyl/N-ethyl adjacent to an activating group) is 1. The maximum absolute atomic E-state index is 5.96. The quantitative estimate of drug-likeness (QED) is 0.841. The minimum atomic E-state index is 0.106. The van der Waals surface area contributed by atoms with Crippen LogP contribution in [0.3, 0.4) is 0 Å².